The maximum atomic E-state index is 12.5. The third-order valence-corrected chi connectivity index (χ3v) is 8.66. The molecule has 0 N–H and O–H groups in total. The van der Waals surface area contributed by atoms with Gasteiger partial charge in [-0.1, -0.05) is 20.8 Å². The molecule has 0 spiro atoms. The third-order valence-electron chi connectivity index (χ3n) is 4.18. The number of carbonyl (C=O) groups is 1. The summed E-state index contributed by atoms with van der Waals surface area (Å²) < 4.78 is 6.30. The quantitative estimate of drug-likeness (QED) is 0.586. The standard InChI is InChI=1S/C15H29NO2Si/c1-15(2,3)19(6,7)18-13-10-8-9-12(14(13)17)11-16(4)5/h11,13H,8-10H2,1-7H3/b12-11+. The molecule has 110 valence electrons. The summed E-state index contributed by atoms with van der Waals surface area (Å²) in [5.74, 6) is 0.199. The molecule has 0 bridgehead atoms. The zero-order chi connectivity index (χ0) is 14.8. The lowest BCUT2D eigenvalue weighted by Gasteiger charge is -2.40. The lowest BCUT2D eigenvalue weighted by atomic mass is 9.92. The summed E-state index contributed by atoms with van der Waals surface area (Å²) in [6, 6.07) is 0. The molecular formula is C15H29NO2Si. The van der Waals surface area contributed by atoms with Crippen LogP contribution in [0, 0.1) is 0 Å². The molecule has 0 aromatic carbocycles. The highest BCUT2D eigenvalue weighted by atomic mass is 28.4. The van der Waals surface area contributed by atoms with Gasteiger partial charge in [-0.3, -0.25) is 4.79 Å². The fourth-order valence-electron chi connectivity index (χ4n) is 2.02. The minimum atomic E-state index is -1.87. The molecule has 0 aromatic heterocycles. The second-order valence-electron chi connectivity index (χ2n) is 7.24. The normalized spacial score (nSPS) is 23.8. The number of Topliss-reactive ketones (excluding diaryl/α,β-unsaturated/α-hetero) is 1. The predicted molar refractivity (Wildman–Crippen MR) is 82.7 cm³/mol. The minimum absolute atomic E-state index is 0.149. The van der Waals surface area contributed by atoms with Gasteiger partial charge in [-0.05, 0) is 37.4 Å². The molecule has 0 radical (unpaired) electrons. The third kappa shape index (κ3) is 4.18. The van der Waals surface area contributed by atoms with Crippen molar-refractivity contribution in [3.8, 4) is 0 Å². The molecule has 0 saturated heterocycles. The van der Waals surface area contributed by atoms with E-state index in [2.05, 4.69) is 33.9 Å². The first kappa shape index (κ1) is 16.4. The van der Waals surface area contributed by atoms with Crippen molar-refractivity contribution in [2.24, 2.45) is 0 Å². The van der Waals surface area contributed by atoms with Crippen molar-refractivity contribution in [2.75, 3.05) is 14.1 Å². The fourth-order valence-corrected chi connectivity index (χ4v) is 3.31. The van der Waals surface area contributed by atoms with Crippen LogP contribution in [0.1, 0.15) is 40.0 Å². The van der Waals surface area contributed by atoms with Gasteiger partial charge >= 0.3 is 0 Å². The molecule has 1 rings (SSSR count). The lowest BCUT2D eigenvalue weighted by molar-refractivity contribution is -0.124. The van der Waals surface area contributed by atoms with Crippen LogP contribution in [0.15, 0.2) is 11.8 Å². The topological polar surface area (TPSA) is 29.5 Å². The van der Waals surface area contributed by atoms with Crippen molar-refractivity contribution >= 4 is 14.1 Å². The average molecular weight is 283 g/mol. The van der Waals surface area contributed by atoms with Gasteiger partial charge in [0.05, 0.1) is 0 Å². The van der Waals surface area contributed by atoms with Gasteiger partial charge in [-0.2, -0.15) is 0 Å². The van der Waals surface area contributed by atoms with E-state index >= 15 is 0 Å². The van der Waals surface area contributed by atoms with Crippen LogP contribution in [-0.2, 0) is 9.22 Å². The number of carbonyl (C=O) groups excluding carboxylic acids is 1. The van der Waals surface area contributed by atoms with Crippen molar-refractivity contribution < 1.29 is 9.22 Å². The second kappa shape index (κ2) is 5.79. The summed E-state index contributed by atoms with van der Waals surface area (Å²) in [5.41, 5.74) is 0.917. The summed E-state index contributed by atoms with van der Waals surface area (Å²) in [7, 11) is 2.05. The van der Waals surface area contributed by atoms with Crippen LogP contribution < -0.4 is 0 Å². The van der Waals surface area contributed by atoms with Crippen LogP contribution in [0.4, 0.5) is 0 Å². The number of ketones is 1. The van der Waals surface area contributed by atoms with E-state index in [1.54, 1.807) is 0 Å². The van der Waals surface area contributed by atoms with E-state index < -0.39 is 8.32 Å². The first-order valence-electron chi connectivity index (χ1n) is 7.14. The number of hydrogen-bond donors (Lipinski definition) is 0. The Balaban J connectivity index is 2.83. The first-order chi connectivity index (χ1) is 8.54. The van der Waals surface area contributed by atoms with E-state index in [0.717, 1.165) is 24.8 Å². The van der Waals surface area contributed by atoms with Crippen LogP contribution in [0.5, 0.6) is 0 Å². The van der Waals surface area contributed by atoms with Crippen LogP contribution in [0.2, 0.25) is 18.1 Å². The molecule has 0 aromatic rings. The van der Waals surface area contributed by atoms with Gasteiger partial charge in [0.15, 0.2) is 14.1 Å². The Kier molecular flexibility index (Phi) is 5.01. The molecule has 1 saturated carbocycles. The highest BCUT2D eigenvalue weighted by Crippen LogP contribution is 2.39. The summed E-state index contributed by atoms with van der Waals surface area (Å²) in [5, 5.41) is 0.149. The van der Waals surface area contributed by atoms with Crippen molar-refractivity contribution in [3.05, 3.63) is 11.8 Å². The Morgan fingerprint density at radius 1 is 1.32 bits per heavy atom. The minimum Gasteiger partial charge on any atom is -0.407 e. The zero-order valence-electron chi connectivity index (χ0n) is 13.5. The maximum absolute atomic E-state index is 12.5. The molecule has 0 heterocycles. The fraction of sp³-hybridized carbons (Fsp3) is 0.800. The summed E-state index contributed by atoms with van der Waals surface area (Å²) in [6.45, 7) is 11.1. The number of rotatable bonds is 3. The first-order valence-corrected chi connectivity index (χ1v) is 10.0. The summed E-state index contributed by atoms with van der Waals surface area (Å²) >= 11 is 0. The van der Waals surface area contributed by atoms with E-state index in [-0.39, 0.29) is 16.9 Å². The molecule has 1 aliphatic carbocycles. The second-order valence-corrected chi connectivity index (χ2v) is 12.0. The molecule has 1 unspecified atom stereocenters. The SMILES string of the molecule is CN(C)/C=C1\CCCC(O[Si](C)(C)C(C)(C)C)C1=O. The molecule has 1 aliphatic rings. The van der Waals surface area contributed by atoms with Gasteiger partial charge in [0.1, 0.15) is 6.10 Å². The highest BCUT2D eigenvalue weighted by molar-refractivity contribution is 6.74. The maximum Gasteiger partial charge on any atom is 0.193 e. The van der Waals surface area contributed by atoms with Gasteiger partial charge in [0.2, 0.25) is 0 Å². The molecule has 1 fully saturated rings. The Morgan fingerprint density at radius 3 is 2.37 bits per heavy atom. The van der Waals surface area contributed by atoms with E-state index in [0.29, 0.717) is 0 Å². The van der Waals surface area contributed by atoms with E-state index in [1.165, 1.54) is 0 Å². The van der Waals surface area contributed by atoms with E-state index in [1.807, 2.05) is 25.2 Å². The van der Waals surface area contributed by atoms with Gasteiger partial charge in [0, 0.05) is 25.9 Å². The van der Waals surface area contributed by atoms with E-state index in [9.17, 15) is 4.79 Å². The number of nitrogens with zero attached hydrogens (tertiary/aromatic N) is 1. The Bertz CT molecular complexity index is 367. The van der Waals surface area contributed by atoms with Crippen LogP contribution >= 0.6 is 0 Å². The summed E-state index contributed by atoms with van der Waals surface area (Å²) in [4.78, 5) is 14.4. The molecule has 0 aliphatic heterocycles. The molecule has 1 atom stereocenters. The van der Waals surface area contributed by atoms with Gasteiger partial charge < -0.3 is 9.33 Å². The van der Waals surface area contributed by atoms with Gasteiger partial charge in [0.25, 0.3) is 0 Å². The van der Waals surface area contributed by atoms with Crippen LogP contribution in [-0.4, -0.2) is 39.2 Å². The van der Waals surface area contributed by atoms with Crippen molar-refractivity contribution in [1.82, 2.24) is 4.90 Å². The largest absolute Gasteiger partial charge is 0.407 e. The van der Waals surface area contributed by atoms with Crippen LogP contribution in [0.25, 0.3) is 0 Å². The lowest BCUT2D eigenvalue weighted by Crippen LogP contribution is -2.47. The van der Waals surface area contributed by atoms with Crippen molar-refractivity contribution in [1.29, 1.82) is 0 Å². The predicted octanol–water partition coefficient (Wildman–Crippen LogP) is 3.58. The Morgan fingerprint density at radius 2 is 1.89 bits per heavy atom. The van der Waals surface area contributed by atoms with Crippen molar-refractivity contribution in [2.45, 2.75) is 64.3 Å². The highest BCUT2D eigenvalue weighted by Gasteiger charge is 2.41. The molecular weight excluding hydrogens is 254 g/mol. The van der Waals surface area contributed by atoms with E-state index in [4.69, 9.17) is 4.43 Å². The van der Waals surface area contributed by atoms with Gasteiger partial charge in [-0.15, -0.1) is 0 Å². The molecule has 19 heavy (non-hydrogen) atoms. The van der Waals surface area contributed by atoms with Crippen molar-refractivity contribution in [3.63, 3.8) is 0 Å². The molecule has 4 heteroatoms. The number of hydrogen-bond acceptors (Lipinski definition) is 3. The smallest absolute Gasteiger partial charge is 0.193 e. The van der Waals surface area contributed by atoms with Gasteiger partial charge in [-0.25, -0.2) is 0 Å². The Hall–Kier alpha value is -0.613. The molecule has 3 nitrogen and oxygen atoms in total. The Labute approximate surface area is 119 Å². The zero-order valence-corrected chi connectivity index (χ0v) is 14.5. The molecule has 0 amide bonds. The van der Waals surface area contributed by atoms with Crippen LogP contribution in [0.3, 0.4) is 0 Å². The monoisotopic (exact) mass is 283 g/mol. The summed E-state index contributed by atoms with van der Waals surface area (Å²) in [6.07, 6.45) is 4.53. The average Bonchev–Trinajstić information content (AvgIpc) is 2.21.